The van der Waals surface area contributed by atoms with Crippen molar-refractivity contribution in [1.29, 1.82) is 0 Å². The summed E-state index contributed by atoms with van der Waals surface area (Å²) in [6.07, 6.45) is 4.38. The van der Waals surface area contributed by atoms with Crippen LogP contribution in [0.1, 0.15) is 31.2 Å². The van der Waals surface area contributed by atoms with Gasteiger partial charge in [-0.05, 0) is 61.3 Å². The Bertz CT molecular complexity index is 957. The van der Waals surface area contributed by atoms with Crippen LogP contribution in [0.3, 0.4) is 0 Å². The summed E-state index contributed by atoms with van der Waals surface area (Å²) in [5.74, 6) is -0.288. The van der Waals surface area contributed by atoms with E-state index in [4.69, 9.17) is 12.2 Å². The van der Waals surface area contributed by atoms with Gasteiger partial charge in [0.2, 0.25) is 5.91 Å². The molecule has 1 heterocycles. The molecule has 33 heavy (non-hydrogen) atoms. The number of rotatable bonds is 6. The molecule has 1 aliphatic carbocycles. The number of hydrogen-bond acceptors (Lipinski definition) is 3. The Kier molecular flexibility index (Phi) is 7.88. The van der Waals surface area contributed by atoms with Gasteiger partial charge >= 0.3 is 0 Å². The Morgan fingerprint density at radius 3 is 2.33 bits per heavy atom. The second kappa shape index (κ2) is 11.0. The van der Waals surface area contributed by atoms with Crippen LogP contribution in [0.25, 0.3) is 0 Å². The first-order valence-corrected chi connectivity index (χ1v) is 12.0. The number of nitrogens with zero attached hydrogens (tertiary/aromatic N) is 2. The number of carbonyl (C=O) groups excluding carboxylic acids is 1. The van der Waals surface area contributed by atoms with Crippen molar-refractivity contribution in [2.24, 2.45) is 5.92 Å². The smallest absolute Gasteiger partial charge is 0.237 e. The molecule has 2 aliphatic rings. The van der Waals surface area contributed by atoms with Crippen molar-refractivity contribution >= 4 is 28.9 Å². The monoisotopic (exact) mass is 472 g/mol. The molecule has 0 bridgehead atoms. The highest BCUT2D eigenvalue weighted by atomic mass is 32.1. The van der Waals surface area contributed by atoms with E-state index >= 15 is 0 Å². The van der Waals surface area contributed by atoms with Crippen LogP contribution < -0.4 is 10.6 Å². The van der Waals surface area contributed by atoms with Gasteiger partial charge in [-0.1, -0.05) is 31.0 Å². The van der Waals surface area contributed by atoms with E-state index < -0.39 is 0 Å². The zero-order valence-corrected chi connectivity index (χ0v) is 19.4. The van der Waals surface area contributed by atoms with E-state index in [1.807, 2.05) is 0 Å². The van der Waals surface area contributed by atoms with Gasteiger partial charge in [-0.25, -0.2) is 8.78 Å². The van der Waals surface area contributed by atoms with Crippen LogP contribution in [0.4, 0.5) is 14.5 Å². The highest BCUT2D eigenvalue weighted by molar-refractivity contribution is 7.80. The van der Waals surface area contributed by atoms with Gasteiger partial charge < -0.3 is 15.5 Å². The van der Waals surface area contributed by atoms with E-state index in [1.54, 1.807) is 30.3 Å². The van der Waals surface area contributed by atoms with Gasteiger partial charge in [0.15, 0.2) is 5.11 Å². The Labute approximate surface area is 199 Å². The van der Waals surface area contributed by atoms with E-state index in [0.717, 1.165) is 44.5 Å². The topological polar surface area (TPSA) is 47.6 Å². The van der Waals surface area contributed by atoms with Crippen LogP contribution in [-0.4, -0.2) is 53.0 Å². The average Bonchev–Trinajstić information content (AvgIpc) is 3.35. The molecule has 0 radical (unpaired) electrons. The van der Waals surface area contributed by atoms with Crippen LogP contribution in [0.5, 0.6) is 0 Å². The van der Waals surface area contributed by atoms with E-state index in [2.05, 4.69) is 20.4 Å². The summed E-state index contributed by atoms with van der Waals surface area (Å²) in [6, 6.07) is 12.5. The molecule has 1 amide bonds. The number of halogens is 2. The Hall–Kier alpha value is -2.58. The third-order valence-electron chi connectivity index (χ3n) is 6.62. The summed E-state index contributed by atoms with van der Waals surface area (Å²) in [7, 11) is 0. The highest BCUT2D eigenvalue weighted by Gasteiger charge is 2.37. The first-order chi connectivity index (χ1) is 16.0. The number of nitrogens with one attached hydrogen (secondary N) is 2. The molecule has 2 aromatic carbocycles. The van der Waals surface area contributed by atoms with Gasteiger partial charge in [0, 0.05) is 44.0 Å². The van der Waals surface area contributed by atoms with Crippen LogP contribution in [0, 0.1) is 17.6 Å². The maximum Gasteiger partial charge on any atom is 0.237 e. The van der Waals surface area contributed by atoms with Gasteiger partial charge in [0.1, 0.15) is 11.6 Å². The average molecular weight is 473 g/mol. The SMILES string of the molecule is O=C(NCc1ccccc1F)C(C1CCCC1)N1CCN(C(=S)Nc2ccc(F)cc2)CC1. The third kappa shape index (κ3) is 6.06. The summed E-state index contributed by atoms with van der Waals surface area (Å²) in [4.78, 5) is 17.6. The molecular weight excluding hydrogens is 442 g/mol. The van der Waals surface area contributed by atoms with Crippen molar-refractivity contribution in [3.05, 3.63) is 65.7 Å². The van der Waals surface area contributed by atoms with Gasteiger partial charge in [0.25, 0.3) is 0 Å². The fourth-order valence-electron chi connectivity index (χ4n) is 4.82. The molecule has 1 saturated heterocycles. The number of piperazine rings is 1. The quantitative estimate of drug-likeness (QED) is 0.619. The van der Waals surface area contributed by atoms with Crippen LogP contribution in [0.15, 0.2) is 48.5 Å². The largest absolute Gasteiger partial charge is 0.351 e. The van der Waals surface area contributed by atoms with Crippen molar-refractivity contribution in [2.45, 2.75) is 38.3 Å². The predicted octanol–water partition coefficient (Wildman–Crippen LogP) is 4.15. The lowest BCUT2D eigenvalue weighted by Gasteiger charge is -2.41. The fourth-order valence-corrected chi connectivity index (χ4v) is 5.12. The molecule has 8 heteroatoms. The highest BCUT2D eigenvalue weighted by Crippen LogP contribution is 2.31. The normalized spacial score (nSPS) is 18.2. The lowest BCUT2D eigenvalue weighted by molar-refractivity contribution is -0.129. The maximum atomic E-state index is 14.0. The molecule has 1 unspecified atom stereocenters. The molecule has 2 N–H and O–H groups in total. The second-order valence-electron chi connectivity index (χ2n) is 8.76. The minimum atomic E-state index is -0.300. The Morgan fingerprint density at radius 1 is 1.00 bits per heavy atom. The molecule has 0 spiro atoms. The standard InChI is InChI=1S/C25H30F2N4OS/c26-20-9-11-21(12-10-20)29-25(33)31-15-13-30(14-16-31)23(18-5-1-2-6-18)24(32)28-17-19-7-3-4-8-22(19)27/h3-4,7-12,18,23H,1-2,5-6,13-17H2,(H,28,32)(H,29,33). The Balaban J connectivity index is 1.35. The molecule has 1 aliphatic heterocycles. The molecule has 2 fully saturated rings. The summed E-state index contributed by atoms with van der Waals surface area (Å²) >= 11 is 5.55. The van der Waals surface area contributed by atoms with Crippen molar-refractivity contribution in [2.75, 3.05) is 31.5 Å². The number of hydrogen-bond donors (Lipinski definition) is 2. The van der Waals surface area contributed by atoms with E-state index in [9.17, 15) is 13.6 Å². The summed E-state index contributed by atoms with van der Waals surface area (Å²) in [5, 5.41) is 6.74. The second-order valence-corrected chi connectivity index (χ2v) is 9.15. The lowest BCUT2D eigenvalue weighted by Crippen LogP contribution is -2.58. The first-order valence-electron chi connectivity index (χ1n) is 11.6. The summed E-state index contributed by atoms with van der Waals surface area (Å²) in [6.45, 7) is 3.05. The predicted molar refractivity (Wildman–Crippen MR) is 130 cm³/mol. The molecule has 5 nitrogen and oxygen atoms in total. The third-order valence-corrected chi connectivity index (χ3v) is 6.98. The van der Waals surface area contributed by atoms with Crippen molar-refractivity contribution in [3.8, 4) is 0 Å². The molecule has 1 atom stereocenters. The van der Waals surface area contributed by atoms with Gasteiger partial charge in [-0.3, -0.25) is 9.69 Å². The number of carbonyl (C=O) groups is 1. The van der Waals surface area contributed by atoms with E-state index in [1.165, 1.54) is 18.2 Å². The summed E-state index contributed by atoms with van der Waals surface area (Å²) in [5.41, 5.74) is 1.25. The molecule has 2 aromatic rings. The minimum absolute atomic E-state index is 0.0226. The summed E-state index contributed by atoms with van der Waals surface area (Å²) < 4.78 is 27.1. The molecule has 176 valence electrons. The van der Waals surface area contributed by atoms with Crippen molar-refractivity contribution in [1.82, 2.24) is 15.1 Å². The minimum Gasteiger partial charge on any atom is -0.351 e. The maximum absolute atomic E-state index is 14.0. The van der Waals surface area contributed by atoms with Gasteiger partial charge in [-0.2, -0.15) is 0 Å². The van der Waals surface area contributed by atoms with E-state index in [0.29, 0.717) is 29.7 Å². The zero-order chi connectivity index (χ0) is 23.2. The number of thiocarbonyl (C=S) groups is 1. The number of anilines is 1. The van der Waals surface area contributed by atoms with E-state index in [-0.39, 0.29) is 30.1 Å². The Morgan fingerprint density at radius 2 is 1.67 bits per heavy atom. The number of benzene rings is 2. The molecule has 1 saturated carbocycles. The van der Waals surface area contributed by atoms with Gasteiger partial charge in [-0.15, -0.1) is 0 Å². The molecule has 0 aromatic heterocycles. The molecular formula is C25H30F2N4OS. The van der Waals surface area contributed by atoms with Crippen molar-refractivity contribution in [3.63, 3.8) is 0 Å². The lowest BCUT2D eigenvalue weighted by atomic mass is 9.95. The molecule has 4 rings (SSSR count). The van der Waals surface area contributed by atoms with Crippen LogP contribution >= 0.6 is 12.2 Å². The number of amides is 1. The van der Waals surface area contributed by atoms with Gasteiger partial charge in [0.05, 0.1) is 6.04 Å². The zero-order valence-electron chi connectivity index (χ0n) is 18.6. The van der Waals surface area contributed by atoms with Crippen LogP contribution in [-0.2, 0) is 11.3 Å². The fraction of sp³-hybridized carbons (Fsp3) is 0.440. The first kappa shape index (κ1) is 23.6. The van der Waals surface area contributed by atoms with Crippen molar-refractivity contribution < 1.29 is 13.6 Å². The van der Waals surface area contributed by atoms with Crippen LogP contribution in [0.2, 0.25) is 0 Å².